The molecule has 1 aliphatic heterocycles. The fourth-order valence-corrected chi connectivity index (χ4v) is 6.57. The van der Waals surface area contributed by atoms with E-state index >= 15 is 0 Å². The van der Waals surface area contributed by atoms with Gasteiger partial charge in [-0.1, -0.05) is 0 Å². The van der Waals surface area contributed by atoms with E-state index in [1.807, 2.05) is 0 Å². The molecule has 1 aliphatic rings. The highest BCUT2D eigenvalue weighted by Crippen LogP contribution is 2.48. The van der Waals surface area contributed by atoms with Crippen LogP contribution in [0.1, 0.15) is 41.7 Å². The third-order valence-corrected chi connectivity index (χ3v) is 10.1. The van der Waals surface area contributed by atoms with Gasteiger partial charge in [0.2, 0.25) is 8.40 Å². The monoisotopic (exact) mass is 290 g/mol. The van der Waals surface area contributed by atoms with Crippen LogP contribution in [0.25, 0.3) is 0 Å². The molecule has 1 heterocycles. The molecule has 0 bridgehead atoms. The summed E-state index contributed by atoms with van der Waals surface area (Å²) in [6, 6.07) is 0. The Bertz CT molecular complexity index is 573. The van der Waals surface area contributed by atoms with Crippen molar-refractivity contribution in [1.29, 1.82) is 0 Å². The molecule has 0 amide bonds. The van der Waals surface area contributed by atoms with E-state index in [1.54, 1.807) is 0 Å². The Kier molecular flexibility index (Phi) is 3.38. The van der Waals surface area contributed by atoms with Crippen LogP contribution < -0.4 is 4.57 Å². The molecule has 1 aromatic carbocycles. The van der Waals surface area contributed by atoms with Crippen molar-refractivity contribution in [2.75, 3.05) is 18.7 Å². The molecular formula is C17H30N2Si. The Morgan fingerprint density at radius 1 is 0.800 bits per heavy atom. The van der Waals surface area contributed by atoms with Crippen LogP contribution in [-0.4, -0.2) is 27.1 Å². The van der Waals surface area contributed by atoms with Crippen molar-refractivity contribution in [3.05, 3.63) is 27.8 Å². The zero-order chi connectivity index (χ0) is 15.6. The Morgan fingerprint density at radius 3 is 1.75 bits per heavy atom. The van der Waals surface area contributed by atoms with Gasteiger partial charge in [-0.15, -0.1) is 0 Å². The molecule has 0 saturated carbocycles. The average Bonchev–Trinajstić information content (AvgIpc) is 2.36. The van der Waals surface area contributed by atoms with Crippen LogP contribution in [-0.2, 0) is 5.54 Å². The van der Waals surface area contributed by atoms with Crippen molar-refractivity contribution >= 4 is 14.1 Å². The van der Waals surface area contributed by atoms with E-state index < -0.39 is 8.40 Å². The first-order valence-corrected chi connectivity index (χ1v) is 10.4. The third-order valence-electron chi connectivity index (χ3n) is 6.08. The van der Waals surface area contributed by atoms with Crippen LogP contribution in [0.15, 0.2) is 0 Å². The molecule has 0 atom stereocenters. The van der Waals surface area contributed by atoms with Gasteiger partial charge in [-0.25, -0.2) is 0 Å². The van der Waals surface area contributed by atoms with Crippen molar-refractivity contribution < 1.29 is 0 Å². The molecule has 2 nitrogen and oxygen atoms in total. The summed E-state index contributed by atoms with van der Waals surface area (Å²) in [5.41, 5.74) is 8.96. The number of hydrogen-bond donors (Lipinski definition) is 0. The quantitative estimate of drug-likeness (QED) is 0.659. The van der Waals surface area contributed by atoms with Crippen molar-refractivity contribution in [2.24, 2.45) is 0 Å². The maximum Gasteiger partial charge on any atom is 0.229 e. The lowest BCUT2D eigenvalue weighted by Gasteiger charge is -2.57. The molecule has 0 aliphatic carbocycles. The van der Waals surface area contributed by atoms with Crippen LogP contribution >= 0.6 is 0 Å². The Labute approximate surface area is 126 Å². The standard InChI is InChI=1S/C17H30N2Si/c1-11-12(2)14(4)16-15(13(11)3)17(5,6)19(8)20(9,10)18(16)7/h1-10H3. The van der Waals surface area contributed by atoms with Crippen LogP contribution in [0.3, 0.4) is 0 Å². The lowest BCUT2D eigenvalue weighted by atomic mass is 9.82. The van der Waals surface area contributed by atoms with E-state index in [0.29, 0.717) is 0 Å². The summed E-state index contributed by atoms with van der Waals surface area (Å²) in [6.45, 7) is 18.8. The topological polar surface area (TPSA) is 6.48 Å². The Morgan fingerprint density at radius 2 is 1.25 bits per heavy atom. The minimum Gasteiger partial charge on any atom is -0.388 e. The molecule has 1 aromatic rings. The van der Waals surface area contributed by atoms with Gasteiger partial charge in [0.05, 0.1) is 0 Å². The lowest BCUT2D eigenvalue weighted by molar-refractivity contribution is 0.252. The van der Waals surface area contributed by atoms with E-state index in [2.05, 4.69) is 77.9 Å². The second kappa shape index (κ2) is 4.34. The fraction of sp³-hybridized carbons (Fsp3) is 0.647. The molecular weight excluding hydrogens is 260 g/mol. The summed E-state index contributed by atoms with van der Waals surface area (Å²) in [4.78, 5) is 0. The van der Waals surface area contributed by atoms with Crippen molar-refractivity contribution in [1.82, 2.24) is 4.57 Å². The maximum atomic E-state index is 2.63. The molecule has 2 rings (SSSR count). The number of fused-ring (bicyclic) bond motifs is 1. The summed E-state index contributed by atoms with van der Waals surface area (Å²) in [7, 11) is 2.98. The number of anilines is 1. The van der Waals surface area contributed by atoms with Crippen LogP contribution in [0.2, 0.25) is 13.1 Å². The van der Waals surface area contributed by atoms with E-state index in [4.69, 9.17) is 0 Å². The molecule has 0 fully saturated rings. The average molecular weight is 291 g/mol. The van der Waals surface area contributed by atoms with Crippen LogP contribution in [0.5, 0.6) is 0 Å². The highest BCUT2D eigenvalue weighted by Gasteiger charge is 2.48. The van der Waals surface area contributed by atoms with Gasteiger partial charge < -0.3 is 9.13 Å². The third kappa shape index (κ3) is 1.72. The minimum atomic E-state index is -1.61. The number of rotatable bonds is 0. The smallest absolute Gasteiger partial charge is 0.229 e. The molecule has 3 heteroatoms. The van der Waals surface area contributed by atoms with Crippen molar-refractivity contribution in [2.45, 2.75) is 60.2 Å². The molecule has 0 saturated heterocycles. The zero-order valence-electron chi connectivity index (χ0n) is 14.9. The molecule has 0 aromatic heterocycles. The predicted molar refractivity (Wildman–Crippen MR) is 92.1 cm³/mol. The van der Waals surface area contributed by atoms with E-state index in [9.17, 15) is 0 Å². The van der Waals surface area contributed by atoms with Gasteiger partial charge in [0.25, 0.3) is 0 Å². The summed E-state index contributed by atoms with van der Waals surface area (Å²) < 4.78 is 5.21. The molecule has 0 radical (unpaired) electrons. The predicted octanol–water partition coefficient (Wildman–Crippen LogP) is 4.24. The summed E-state index contributed by atoms with van der Waals surface area (Å²) in [5, 5.41) is 0. The lowest BCUT2D eigenvalue weighted by Crippen LogP contribution is -2.68. The van der Waals surface area contributed by atoms with Gasteiger partial charge >= 0.3 is 0 Å². The number of benzene rings is 1. The zero-order valence-corrected chi connectivity index (χ0v) is 15.9. The van der Waals surface area contributed by atoms with Gasteiger partial charge in [-0.3, -0.25) is 0 Å². The second-order valence-corrected chi connectivity index (χ2v) is 11.7. The van der Waals surface area contributed by atoms with Crippen LogP contribution in [0.4, 0.5) is 5.69 Å². The highest BCUT2D eigenvalue weighted by atomic mass is 28.3. The maximum absolute atomic E-state index is 2.63. The van der Waals surface area contributed by atoms with Gasteiger partial charge in [-0.2, -0.15) is 0 Å². The largest absolute Gasteiger partial charge is 0.388 e. The van der Waals surface area contributed by atoms with E-state index in [0.717, 1.165) is 0 Å². The first-order valence-electron chi connectivity index (χ1n) is 7.54. The first-order chi connectivity index (χ1) is 8.95. The number of nitrogens with zero attached hydrogens (tertiary/aromatic N) is 2. The summed E-state index contributed by atoms with van der Waals surface area (Å²) in [5.74, 6) is 0. The fourth-order valence-electron chi connectivity index (χ4n) is 3.81. The normalized spacial score (nSPS) is 21.0. The van der Waals surface area contributed by atoms with Crippen molar-refractivity contribution in [3.8, 4) is 0 Å². The van der Waals surface area contributed by atoms with Crippen LogP contribution in [0, 0.1) is 27.7 Å². The SMILES string of the molecule is Cc1c(C)c(C)c2c(c1C)N(C)[Si](C)(C)N(C)C2(C)C. The van der Waals surface area contributed by atoms with Gasteiger partial charge in [-0.05, 0) is 96.5 Å². The number of hydrogen-bond acceptors (Lipinski definition) is 2. The van der Waals surface area contributed by atoms with Gasteiger partial charge in [0.1, 0.15) is 0 Å². The molecule has 0 unspecified atom stereocenters. The molecule has 112 valence electrons. The summed E-state index contributed by atoms with van der Waals surface area (Å²) in [6.07, 6.45) is 0. The highest BCUT2D eigenvalue weighted by molar-refractivity contribution is 6.78. The molecule has 20 heavy (non-hydrogen) atoms. The molecule has 0 spiro atoms. The Balaban J connectivity index is 2.94. The first kappa shape index (κ1) is 15.6. The van der Waals surface area contributed by atoms with E-state index in [1.165, 1.54) is 33.5 Å². The second-order valence-electron chi connectivity index (χ2n) is 7.40. The van der Waals surface area contributed by atoms with Crippen molar-refractivity contribution in [3.63, 3.8) is 0 Å². The summed E-state index contributed by atoms with van der Waals surface area (Å²) >= 11 is 0. The van der Waals surface area contributed by atoms with Gasteiger partial charge in [0, 0.05) is 11.2 Å². The Hall–Kier alpha value is -0.803. The van der Waals surface area contributed by atoms with Gasteiger partial charge in [0.15, 0.2) is 0 Å². The molecule has 0 N–H and O–H groups in total. The minimum absolute atomic E-state index is 0.102. The van der Waals surface area contributed by atoms with E-state index in [-0.39, 0.29) is 5.54 Å².